The Kier molecular flexibility index (Phi) is 6.71. The molecule has 0 fully saturated rings. The van der Waals surface area contributed by atoms with E-state index in [0.29, 0.717) is 5.69 Å². The molecule has 0 heterocycles. The van der Waals surface area contributed by atoms with Gasteiger partial charge in [-0.1, -0.05) is 39.0 Å². The zero-order valence-corrected chi connectivity index (χ0v) is 11.5. The van der Waals surface area contributed by atoms with Gasteiger partial charge in [0.25, 0.3) is 5.69 Å². The summed E-state index contributed by atoms with van der Waals surface area (Å²) in [5.41, 5.74) is 6.81. The van der Waals surface area contributed by atoms with E-state index in [-0.39, 0.29) is 5.69 Å². The molecule has 0 saturated heterocycles. The van der Waals surface area contributed by atoms with Gasteiger partial charge in [0.1, 0.15) is 0 Å². The number of nitrogens with one attached hydrogen (secondary N) is 1. The third kappa shape index (κ3) is 6.08. The summed E-state index contributed by atoms with van der Waals surface area (Å²) in [6.45, 7) is 3.03. The Balaban J connectivity index is 2.31. The second kappa shape index (κ2) is 8.34. The molecule has 106 valence electrons. The van der Waals surface area contributed by atoms with E-state index in [1.165, 1.54) is 44.2 Å². The quantitative estimate of drug-likeness (QED) is 0.306. The molecule has 0 spiro atoms. The highest BCUT2D eigenvalue weighted by atomic mass is 16.6. The van der Waals surface area contributed by atoms with Crippen molar-refractivity contribution >= 4 is 17.1 Å². The van der Waals surface area contributed by atoms with Crippen molar-refractivity contribution in [3.8, 4) is 0 Å². The number of benzene rings is 1. The summed E-state index contributed by atoms with van der Waals surface area (Å²) in [6.07, 6.45) is 7.37. The van der Waals surface area contributed by atoms with Crippen LogP contribution in [0, 0.1) is 10.1 Å². The van der Waals surface area contributed by atoms with Gasteiger partial charge >= 0.3 is 0 Å². The summed E-state index contributed by atoms with van der Waals surface area (Å²) in [5.74, 6) is 0. The summed E-state index contributed by atoms with van der Waals surface area (Å²) in [4.78, 5) is 10.3. The van der Waals surface area contributed by atoms with E-state index in [9.17, 15) is 10.1 Å². The van der Waals surface area contributed by atoms with Crippen LogP contribution < -0.4 is 11.1 Å². The van der Waals surface area contributed by atoms with Crippen LogP contribution in [0.15, 0.2) is 18.2 Å². The van der Waals surface area contributed by atoms with Crippen molar-refractivity contribution in [3.05, 3.63) is 28.3 Å². The summed E-state index contributed by atoms with van der Waals surface area (Å²) in [5, 5.41) is 13.9. The van der Waals surface area contributed by atoms with Gasteiger partial charge in [-0.15, -0.1) is 0 Å². The second-order valence-electron chi connectivity index (χ2n) is 4.76. The van der Waals surface area contributed by atoms with Gasteiger partial charge in [0.2, 0.25) is 0 Å². The van der Waals surface area contributed by atoms with Gasteiger partial charge < -0.3 is 11.1 Å². The summed E-state index contributed by atoms with van der Waals surface area (Å²) < 4.78 is 0. The van der Waals surface area contributed by atoms with Crippen LogP contribution in [0.2, 0.25) is 0 Å². The molecule has 1 aromatic carbocycles. The van der Waals surface area contributed by atoms with E-state index in [2.05, 4.69) is 12.2 Å². The van der Waals surface area contributed by atoms with Gasteiger partial charge in [-0.25, -0.2) is 0 Å². The second-order valence-corrected chi connectivity index (χ2v) is 4.76. The molecule has 0 aliphatic rings. The molecular weight excluding hydrogens is 242 g/mol. The maximum atomic E-state index is 10.7. The summed E-state index contributed by atoms with van der Waals surface area (Å²) in [7, 11) is 0. The monoisotopic (exact) mass is 265 g/mol. The highest BCUT2D eigenvalue weighted by molar-refractivity contribution is 5.61. The van der Waals surface area contributed by atoms with Gasteiger partial charge in [0.05, 0.1) is 4.92 Å². The molecule has 0 aliphatic heterocycles. The topological polar surface area (TPSA) is 81.2 Å². The first-order valence-corrected chi connectivity index (χ1v) is 6.92. The highest BCUT2D eigenvalue weighted by Crippen LogP contribution is 2.22. The number of non-ortho nitro benzene ring substituents is 1. The number of unbranched alkanes of at least 4 members (excludes halogenated alkanes) is 5. The number of nitrogens with two attached hydrogens (primary N) is 1. The molecule has 1 aromatic rings. The number of anilines is 2. The van der Waals surface area contributed by atoms with Crippen LogP contribution in [-0.4, -0.2) is 11.5 Å². The predicted octanol–water partition coefficient (Wildman–Crippen LogP) is 3.95. The van der Waals surface area contributed by atoms with Crippen molar-refractivity contribution in [2.24, 2.45) is 0 Å². The lowest BCUT2D eigenvalue weighted by atomic mass is 10.1. The SMILES string of the molecule is CCCCCCCCNc1cc(N)cc([N+](=O)[O-])c1. The van der Waals surface area contributed by atoms with Crippen LogP contribution in [0.4, 0.5) is 17.1 Å². The molecular formula is C14H23N3O2. The van der Waals surface area contributed by atoms with Crippen molar-refractivity contribution < 1.29 is 4.92 Å². The van der Waals surface area contributed by atoms with Gasteiger partial charge in [-0.05, 0) is 12.5 Å². The van der Waals surface area contributed by atoms with Crippen LogP contribution in [-0.2, 0) is 0 Å². The average molecular weight is 265 g/mol. The Morgan fingerprint density at radius 2 is 1.84 bits per heavy atom. The first-order chi connectivity index (χ1) is 9.13. The maximum absolute atomic E-state index is 10.7. The highest BCUT2D eigenvalue weighted by Gasteiger charge is 2.07. The fraction of sp³-hybridized carbons (Fsp3) is 0.571. The lowest BCUT2D eigenvalue weighted by molar-refractivity contribution is -0.384. The number of nitrogen functional groups attached to an aromatic ring is 1. The van der Waals surface area contributed by atoms with Crippen LogP contribution in [0.5, 0.6) is 0 Å². The first kappa shape index (κ1) is 15.3. The minimum atomic E-state index is -0.424. The van der Waals surface area contributed by atoms with E-state index in [4.69, 9.17) is 5.73 Å². The first-order valence-electron chi connectivity index (χ1n) is 6.92. The summed E-state index contributed by atoms with van der Waals surface area (Å²) >= 11 is 0. The van der Waals surface area contributed by atoms with E-state index in [1.807, 2.05) is 0 Å². The standard InChI is InChI=1S/C14H23N3O2/c1-2-3-4-5-6-7-8-16-13-9-12(15)10-14(11-13)17(18)19/h9-11,16H,2-8,15H2,1H3. The van der Waals surface area contributed by atoms with Gasteiger partial charge in [-0.2, -0.15) is 0 Å². The third-order valence-corrected chi connectivity index (χ3v) is 3.01. The maximum Gasteiger partial charge on any atom is 0.273 e. The van der Waals surface area contributed by atoms with Crippen LogP contribution in [0.25, 0.3) is 0 Å². The number of nitro benzene ring substituents is 1. The van der Waals surface area contributed by atoms with Gasteiger partial charge in [-0.3, -0.25) is 10.1 Å². The van der Waals surface area contributed by atoms with E-state index in [0.717, 1.165) is 18.7 Å². The zero-order valence-electron chi connectivity index (χ0n) is 11.5. The molecule has 3 N–H and O–H groups in total. The lowest BCUT2D eigenvalue weighted by Gasteiger charge is -2.07. The smallest absolute Gasteiger partial charge is 0.273 e. The molecule has 0 amide bonds. The summed E-state index contributed by atoms with van der Waals surface area (Å²) in [6, 6.07) is 4.62. The Morgan fingerprint density at radius 1 is 1.16 bits per heavy atom. The van der Waals surface area contributed by atoms with Crippen molar-refractivity contribution in [3.63, 3.8) is 0 Å². The number of nitro groups is 1. The predicted molar refractivity (Wildman–Crippen MR) is 79.4 cm³/mol. The van der Waals surface area contributed by atoms with E-state index >= 15 is 0 Å². The lowest BCUT2D eigenvalue weighted by Crippen LogP contribution is -2.03. The Morgan fingerprint density at radius 3 is 2.53 bits per heavy atom. The van der Waals surface area contributed by atoms with Crippen LogP contribution in [0.1, 0.15) is 45.4 Å². The van der Waals surface area contributed by atoms with Gasteiger partial charge in [0, 0.05) is 30.1 Å². The fourth-order valence-electron chi connectivity index (χ4n) is 1.98. The Bertz CT molecular complexity index is 408. The average Bonchev–Trinajstić information content (AvgIpc) is 2.37. The molecule has 0 radical (unpaired) electrons. The molecule has 0 atom stereocenters. The number of nitrogens with zero attached hydrogens (tertiary/aromatic N) is 1. The van der Waals surface area contributed by atoms with E-state index in [1.54, 1.807) is 6.07 Å². The molecule has 19 heavy (non-hydrogen) atoms. The minimum absolute atomic E-state index is 0.0328. The molecule has 0 unspecified atom stereocenters. The molecule has 0 aromatic heterocycles. The zero-order chi connectivity index (χ0) is 14.1. The minimum Gasteiger partial charge on any atom is -0.398 e. The molecule has 0 aliphatic carbocycles. The van der Waals surface area contributed by atoms with Crippen molar-refractivity contribution in [1.29, 1.82) is 0 Å². The molecule has 0 bridgehead atoms. The molecule has 1 rings (SSSR count). The van der Waals surface area contributed by atoms with Crippen molar-refractivity contribution in [1.82, 2.24) is 0 Å². The van der Waals surface area contributed by atoms with Crippen molar-refractivity contribution in [2.45, 2.75) is 45.4 Å². The van der Waals surface area contributed by atoms with Crippen molar-refractivity contribution in [2.75, 3.05) is 17.6 Å². The third-order valence-electron chi connectivity index (χ3n) is 3.01. The van der Waals surface area contributed by atoms with E-state index < -0.39 is 4.92 Å². The van der Waals surface area contributed by atoms with Crippen LogP contribution >= 0.6 is 0 Å². The Hall–Kier alpha value is -1.78. The van der Waals surface area contributed by atoms with Crippen LogP contribution in [0.3, 0.4) is 0 Å². The number of hydrogen-bond donors (Lipinski definition) is 2. The molecule has 0 saturated carbocycles. The van der Waals surface area contributed by atoms with Gasteiger partial charge in [0.15, 0.2) is 0 Å². The molecule has 5 nitrogen and oxygen atoms in total. The Labute approximate surface area is 114 Å². The number of rotatable bonds is 9. The normalized spacial score (nSPS) is 10.4. The fourth-order valence-corrected chi connectivity index (χ4v) is 1.98. The largest absolute Gasteiger partial charge is 0.398 e. The number of hydrogen-bond acceptors (Lipinski definition) is 4. The molecule has 5 heteroatoms.